The molecule has 0 bridgehead atoms. The van der Waals surface area contributed by atoms with E-state index in [-0.39, 0.29) is 0 Å². The third-order valence-electron chi connectivity index (χ3n) is 4.60. The summed E-state index contributed by atoms with van der Waals surface area (Å²) in [5.41, 5.74) is 3.36. The molecule has 17 heavy (non-hydrogen) atoms. The van der Waals surface area contributed by atoms with Crippen LogP contribution in [0.3, 0.4) is 0 Å². The lowest BCUT2D eigenvalue weighted by Gasteiger charge is -2.46. The Morgan fingerprint density at radius 1 is 1.29 bits per heavy atom. The highest BCUT2D eigenvalue weighted by Gasteiger charge is 2.42. The fourth-order valence-corrected chi connectivity index (χ4v) is 3.83. The van der Waals surface area contributed by atoms with Crippen molar-refractivity contribution in [3.63, 3.8) is 0 Å². The van der Waals surface area contributed by atoms with Crippen LogP contribution in [-0.2, 0) is 5.41 Å². The number of allylic oxidation sites excluding steroid dienone is 1. The molecule has 3 rings (SSSR count). The molecule has 0 radical (unpaired) electrons. The average Bonchev–Trinajstić information content (AvgIpc) is 2.39. The van der Waals surface area contributed by atoms with Crippen LogP contribution in [0.15, 0.2) is 30.3 Å². The molecule has 0 aromatic heterocycles. The Hall–Kier alpha value is -1.08. The van der Waals surface area contributed by atoms with Gasteiger partial charge in [0.05, 0.1) is 0 Å². The Bertz CT molecular complexity index is 431. The first-order chi connectivity index (χ1) is 8.37. The van der Waals surface area contributed by atoms with Crippen LogP contribution in [0.5, 0.6) is 0 Å². The summed E-state index contributed by atoms with van der Waals surface area (Å²) in [5.74, 6) is 0.735. The van der Waals surface area contributed by atoms with Crippen molar-refractivity contribution in [2.45, 2.75) is 31.1 Å². The highest BCUT2D eigenvalue weighted by Crippen LogP contribution is 2.48. The number of hydrogen-bond donors (Lipinski definition) is 1. The first-order valence-corrected chi connectivity index (χ1v) is 6.79. The summed E-state index contributed by atoms with van der Waals surface area (Å²) in [4.78, 5) is 0. The zero-order valence-corrected chi connectivity index (χ0v) is 10.6. The van der Waals surface area contributed by atoms with Gasteiger partial charge in [-0.1, -0.05) is 49.3 Å². The fraction of sp³-hybridized carbons (Fsp3) is 0.500. The summed E-state index contributed by atoms with van der Waals surface area (Å²) >= 11 is 0. The molecule has 2 aliphatic carbocycles. The van der Waals surface area contributed by atoms with Crippen molar-refractivity contribution in [2.24, 2.45) is 5.92 Å². The van der Waals surface area contributed by atoms with Crippen molar-refractivity contribution in [3.05, 3.63) is 41.5 Å². The Labute approximate surface area is 104 Å². The van der Waals surface area contributed by atoms with Crippen molar-refractivity contribution >= 4 is 6.08 Å². The molecule has 0 spiro atoms. The summed E-state index contributed by atoms with van der Waals surface area (Å²) in [6.45, 7) is 1.11. The summed E-state index contributed by atoms with van der Waals surface area (Å²) in [6.07, 6.45) is 10.2. The van der Waals surface area contributed by atoms with Gasteiger partial charge in [0.1, 0.15) is 0 Å². The van der Waals surface area contributed by atoms with Gasteiger partial charge in [-0.3, -0.25) is 0 Å². The van der Waals surface area contributed by atoms with Gasteiger partial charge < -0.3 is 5.32 Å². The van der Waals surface area contributed by atoms with Gasteiger partial charge in [0.15, 0.2) is 0 Å². The van der Waals surface area contributed by atoms with Crippen LogP contribution >= 0.6 is 0 Å². The number of likely N-dealkylation sites (N-methyl/N-ethyl adjacent to an activating group) is 1. The van der Waals surface area contributed by atoms with E-state index in [9.17, 15) is 0 Å². The Kier molecular flexibility index (Phi) is 2.79. The van der Waals surface area contributed by atoms with E-state index in [2.05, 4.69) is 48.8 Å². The van der Waals surface area contributed by atoms with Crippen LogP contribution in [0.2, 0.25) is 0 Å². The second-order valence-electron chi connectivity index (χ2n) is 5.49. The third-order valence-corrected chi connectivity index (χ3v) is 4.60. The standard InChI is InChI=1S/C16H21N/c1-17-12-16-11-5-4-7-14(16)10-9-13-6-2-3-8-15(13)16/h2-3,6,8-10,14,17H,4-5,7,11-12H2,1H3. The molecule has 1 aromatic rings. The maximum absolute atomic E-state index is 3.43. The third kappa shape index (κ3) is 1.64. The topological polar surface area (TPSA) is 12.0 Å². The molecule has 0 saturated heterocycles. The second kappa shape index (κ2) is 4.30. The first kappa shape index (κ1) is 11.0. The molecular weight excluding hydrogens is 206 g/mol. The maximum Gasteiger partial charge on any atom is 0.0146 e. The SMILES string of the molecule is CNCC12CCCCC1C=Cc1ccccc12. The van der Waals surface area contributed by atoms with E-state index in [1.807, 2.05) is 0 Å². The van der Waals surface area contributed by atoms with Gasteiger partial charge in [-0.15, -0.1) is 0 Å². The van der Waals surface area contributed by atoms with Gasteiger partial charge >= 0.3 is 0 Å². The molecule has 1 nitrogen and oxygen atoms in total. The molecule has 2 aliphatic rings. The highest BCUT2D eigenvalue weighted by atomic mass is 14.8. The van der Waals surface area contributed by atoms with E-state index in [4.69, 9.17) is 0 Å². The molecule has 90 valence electrons. The van der Waals surface area contributed by atoms with Crippen LogP contribution in [-0.4, -0.2) is 13.6 Å². The molecule has 1 heteroatoms. The van der Waals surface area contributed by atoms with Crippen molar-refractivity contribution in [3.8, 4) is 0 Å². The van der Waals surface area contributed by atoms with Gasteiger partial charge in [-0.2, -0.15) is 0 Å². The van der Waals surface area contributed by atoms with Crippen LogP contribution in [0.4, 0.5) is 0 Å². The van der Waals surface area contributed by atoms with Gasteiger partial charge in [0.2, 0.25) is 0 Å². The van der Waals surface area contributed by atoms with Crippen molar-refractivity contribution < 1.29 is 0 Å². The molecule has 2 unspecified atom stereocenters. The highest BCUT2D eigenvalue weighted by molar-refractivity contribution is 5.60. The van der Waals surface area contributed by atoms with Gasteiger partial charge in [-0.25, -0.2) is 0 Å². The lowest BCUT2D eigenvalue weighted by atomic mass is 9.59. The molecule has 0 aliphatic heterocycles. The second-order valence-corrected chi connectivity index (χ2v) is 5.49. The minimum absolute atomic E-state index is 0.359. The summed E-state index contributed by atoms with van der Waals surface area (Å²) in [7, 11) is 2.08. The largest absolute Gasteiger partial charge is 0.319 e. The molecule has 0 amide bonds. The van der Waals surface area contributed by atoms with E-state index in [1.165, 1.54) is 31.2 Å². The normalized spacial score (nSPS) is 30.8. The first-order valence-electron chi connectivity index (χ1n) is 6.79. The van der Waals surface area contributed by atoms with Gasteiger partial charge in [0.25, 0.3) is 0 Å². The quantitative estimate of drug-likeness (QED) is 0.817. The molecular formula is C16H21N. The fourth-order valence-electron chi connectivity index (χ4n) is 3.83. The monoisotopic (exact) mass is 227 g/mol. The van der Waals surface area contributed by atoms with Crippen LogP contribution < -0.4 is 5.32 Å². The number of fused-ring (bicyclic) bond motifs is 3. The van der Waals surface area contributed by atoms with E-state index in [0.717, 1.165) is 12.5 Å². The number of benzene rings is 1. The maximum atomic E-state index is 3.43. The Morgan fingerprint density at radius 2 is 2.18 bits per heavy atom. The average molecular weight is 227 g/mol. The summed E-state index contributed by atoms with van der Waals surface area (Å²) < 4.78 is 0. The van der Waals surface area contributed by atoms with E-state index >= 15 is 0 Å². The van der Waals surface area contributed by atoms with Crippen LogP contribution in [0.25, 0.3) is 6.08 Å². The Morgan fingerprint density at radius 3 is 3.06 bits per heavy atom. The van der Waals surface area contributed by atoms with Crippen molar-refractivity contribution in [2.75, 3.05) is 13.6 Å². The Balaban J connectivity index is 2.11. The number of hydrogen-bond acceptors (Lipinski definition) is 1. The number of rotatable bonds is 2. The van der Waals surface area contributed by atoms with Gasteiger partial charge in [0, 0.05) is 12.0 Å². The van der Waals surface area contributed by atoms with Crippen LogP contribution in [0.1, 0.15) is 36.8 Å². The van der Waals surface area contributed by atoms with Crippen molar-refractivity contribution in [1.29, 1.82) is 0 Å². The molecule has 0 heterocycles. The molecule has 1 N–H and O–H groups in total. The summed E-state index contributed by atoms with van der Waals surface area (Å²) in [6, 6.07) is 8.95. The predicted octanol–water partition coefficient (Wildman–Crippen LogP) is 3.36. The zero-order chi connectivity index (χ0) is 11.7. The minimum Gasteiger partial charge on any atom is -0.319 e. The zero-order valence-electron chi connectivity index (χ0n) is 10.6. The van der Waals surface area contributed by atoms with E-state index in [1.54, 1.807) is 5.56 Å². The molecule has 1 aromatic carbocycles. The molecule has 1 fully saturated rings. The molecule has 2 atom stereocenters. The minimum atomic E-state index is 0.359. The summed E-state index contributed by atoms with van der Waals surface area (Å²) in [5, 5.41) is 3.43. The van der Waals surface area contributed by atoms with Crippen LogP contribution in [0, 0.1) is 5.92 Å². The molecule has 1 saturated carbocycles. The van der Waals surface area contributed by atoms with E-state index < -0.39 is 0 Å². The van der Waals surface area contributed by atoms with Gasteiger partial charge in [-0.05, 0) is 36.9 Å². The smallest absolute Gasteiger partial charge is 0.0146 e. The lowest BCUT2D eigenvalue weighted by molar-refractivity contribution is 0.218. The predicted molar refractivity (Wildman–Crippen MR) is 73.0 cm³/mol. The van der Waals surface area contributed by atoms with E-state index in [0.29, 0.717) is 5.41 Å². The number of nitrogens with one attached hydrogen (secondary N) is 1. The lowest BCUT2D eigenvalue weighted by Crippen LogP contribution is -2.46. The van der Waals surface area contributed by atoms with Crippen molar-refractivity contribution in [1.82, 2.24) is 5.32 Å².